The van der Waals surface area contributed by atoms with Crippen LogP contribution in [-0.2, 0) is 6.54 Å². The molecule has 0 bridgehead atoms. The Balaban J connectivity index is 1.56. The number of benzene rings is 2. The third kappa shape index (κ3) is 4.30. The fraction of sp³-hybridized carbons (Fsp3) is 0.318. The van der Waals surface area contributed by atoms with Gasteiger partial charge in [-0.25, -0.2) is 4.79 Å². The average molecular weight is 444 g/mol. The van der Waals surface area contributed by atoms with Gasteiger partial charge in [-0.2, -0.15) is 0 Å². The van der Waals surface area contributed by atoms with Crippen molar-refractivity contribution in [3.8, 4) is 0 Å². The van der Waals surface area contributed by atoms with Crippen molar-refractivity contribution < 1.29 is 4.79 Å². The molecule has 1 N–H and O–H groups in total. The van der Waals surface area contributed by atoms with E-state index in [4.69, 9.17) is 23.2 Å². The van der Waals surface area contributed by atoms with Crippen LogP contribution < -0.4 is 5.32 Å². The SMILES string of the molecule is Cc1cc(Cl)ccc1NC(=O)N1CCC[C@@H]1c1nnc(C)n1Cc1ccc(Cl)cc1. The lowest BCUT2D eigenvalue weighted by molar-refractivity contribution is 0.204. The molecule has 2 aromatic carbocycles. The smallest absolute Gasteiger partial charge is 0.314 e. The van der Waals surface area contributed by atoms with Gasteiger partial charge in [0.2, 0.25) is 0 Å². The molecule has 0 aliphatic carbocycles. The Morgan fingerprint density at radius 3 is 2.57 bits per heavy atom. The summed E-state index contributed by atoms with van der Waals surface area (Å²) < 4.78 is 2.08. The van der Waals surface area contributed by atoms with Crippen LogP contribution in [0.4, 0.5) is 10.5 Å². The van der Waals surface area contributed by atoms with Crippen molar-refractivity contribution in [1.82, 2.24) is 19.7 Å². The van der Waals surface area contributed by atoms with Crippen LogP contribution >= 0.6 is 23.2 Å². The van der Waals surface area contributed by atoms with Gasteiger partial charge in [0.1, 0.15) is 5.82 Å². The molecule has 2 amide bonds. The number of carbonyl (C=O) groups is 1. The first-order valence-corrected chi connectivity index (χ1v) is 10.7. The highest BCUT2D eigenvalue weighted by Gasteiger charge is 2.34. The van der Waals surface area contributed by atoms with Crippen LogP contribution in [0.5, 0.6) is 0 Å². The van der Waals surface area contributed by atoms with E-state index in [1.54, 1.807) is 6.07 Å². The highest BCUT2D eigenvalue weighted by atomic mass is 35.5. The zero-order valence-electron chi connectivity index (χ0n) is 16.9. The molecule has 0 unspecified atom stereocenters. The highest BCUT2D eigenvalue weighted by molar-refractivity contribution is 6.31. The summed E-state index contributed by atoms with van der Waals surface area (Å²) in [5.74, 6) is 1.63. The number of urea groups is 1. The quantitative estimate of drug-likeness (QED) is 0.568. The van der Waals surface area contributed by atoms with Crippen LogP contribution in [0.2, 0.25) is 10.0 Å². The van der Waals surface area contributed by atoms with E-state index >= 15 is 0 Å². The molecule has 1 aliphatic heterocycles. The van der Waals surface area contributed by atoms with E-state index in [1.165, 1.54) is 0 Å². The normalized spacial score (nSPS) is 16.1. The molecule has 8 heteroatoms. The Bertz CT molecular complexity index is 1060. The van der Waals surface area contributed by atoms with E-state index in [1.807, 2.05) is 55.1 Å². The van der Waals surface area contributed by atoms with Crippen molar-refractivity contribution in [2.45, 2.75) is 39.3 Å². The molecule has 1 aliphatic rings. The van der Waals surface area contributed by atoms with E-state index in [2.05, 4.69) is 20.1 Å². The van der Waals surface area contributed by atoms with Crippen molar-refractivity contribution in [2.24, 2.45) is 0 Å². The lowest BCUT2D eigenvalue weighted by atomic mass is 10.2. The standard InChI is InChI=1S/C22H23Cl2N5O/c1-14-12-18(24)9-10-19(14)25-22(30)28-11-3-4-20(28)21-27-26-15(2)29(21)13-16-5-7-17(23)8-6-16/h5-10,12,20H,3-4,11,13H2,1-2H3,(H,25,30)/t20-/m1/s1. The number of hydrogen-bond acceptors (Lipinski definition) is 3. The summed E-state index contributed by atoms with van der Waals surface area (Å²) in [5, 5.41) is 13.1. The summed E-state index contributed by atoms with van der Waals surface area (Å²) in [5.41, 5.74) is 2.79. The molecule has 0 spiro atoms. The fourth-order valence-corrected chi connectivity index (χ4v) is 4.20. The third-order valence-corrected chi connectivity index (χ3v) is 5.95. The molecule has 1 fully saturated rings. The molecule has 0 radical (unpaired) electrons. The Hall–Kier alpha value is -2.57. The van der Waals surface area contributed by atoms with Crippen LogP contribution in [0.3, 0.4) is 0 Å². The van der Waals surface area contributed by atoms with Gasteiger partial charge in [0.25, 0.3) is 0 Å². The first-order valence-electron chi connectivity index (χ1n) is 9.90. The number of nitrogens with zero attached hydrogens (tertiary/aromatic N) is 4. The average Bonchev–Trinajstić information content (AvgIpc) is 3.33. The molecular formula is C22H23Cl2N5O. The van der Waals surface area contributed by atoms with Gasteiger partial charge in [-0.05, 0) is 68.1 Å². The van der Waals surface area contributed by atoms with Crippen molar-refractivity contribution in [2.75, 3.05) is 11.9 Å². The molecule has 2 heterocycles. The van der Waals surface area contributed by atoms with Crippen molar-refractivity contribution in [3.63, 3.8) is 0 Å². The van der Waals surface area contributed by atoms with Crippen LogP contribution in [0.1, 0.15) is 41.7 Å². The van der Waals surface area contributed by atoms with E-state index in [0.717, 1.165) is 41.3 Å². The zero-order chi connectivity index (χ0) is 21.3. The Morgan fingerprint density at radius 1 is 1.10 bits per heavy atom. The minimum absolute atomic E-state index is 0.119. The lowest BCUT2D eigenvalue weighted by Gasteiger charge is -2.25. The molecule has 1 saturated heterocycles. The van der Waals surface area contributed by atoms with Gasteiger partial charge in [-0.15, -0.1) is 10.2 Å². The number of halogens is 2. The zero-order valence-corrected chi connectivity index (χ0v) is 18.4. The summed E-state index contributed by atoms with van der Waals surface area (Å²) in [7, 11) is 0. The first kappa shape index (κ1) is 20.7. The van der Waals surface area contributed by atoms with E-state index in [0.29, 0.717) is 23.1 Å². The van der Waals surface area contributed by atoms with Crippen LogP contribution in [-0.4, -0.2) is 32.2 Å². The van der Waals surface area contributed by atoms with Crippen molar-refractivity contribution >= 4 is 34.9 Å². The molecule has 30 heavy (non-hydrogen) atoms. The van der Waals surface area contributed by atoms with Gasteiger partial charge < -0.3 is 14.8 Å². The van der Waals surface area contributed by atoms with Gasteiger partial charge in [0, 0.05) is 22.3 Å². The molecule has 1 aromatic heterocycles. The predicted octanol–water partition coefficient (Wildman–Crippen LogP) is 5.62. The minimum atomic E-state index is -0.137. The maximum absolute atomic E-state index is 13.1. The molecular weight excluding hydrogens is 421 g/mol. The lowest BCUT2D eigenvalue weighted by Crippen LogP contribution is -2.35. The molecule has 4 rings (SSSR count). The maximum Gasteiger partial charge on any atom is 0.322 e. The molecule has 156 valence electrons. The van der Waals surface area contributed by atoms with Gasteiger partial charge >= 0.3 is 6.03 Å². The number of carbonyl (C=O) groups excluding carboxylic acids is 1. The number of likely N-dealkylation sites (tertiary alicyclic amines) is 1. The van der Waals surface area contributed by atoms with E-state index in [-0.39, 0.29) is 12.1 Å². The Labute approximate surface area is 185 Å². The second-order valence-corrected chi connectivity index (χ2v) is 8.43. The van der Waals surface area contributed by atoms with Crippen LogP contribution in [0.25, 0.3) is 0 Å². The molecule has 3 aromatic rings. The summed E-state index contributed by atoms with van der Waals surface area (Å²) >= 11 is 12.0. The van der Waals surface area contributed by atoms with Crippen LogP contribution in [0, 0.1) is 13.8 Å². The molecule has 0 saturated carbocycles. The third-order valence-electron chi connectivity index (χ3n) is 5.46. The second kappa shape index (κ2) is 8.66. The highest BCUT2D eigenvalue weighted by Crippen LogP contribution is 2.32. The number of anilines is 1. The number of hydrogen-bond donors (Lipinski definition) is 1. The van der Waals surface area contributed by atoms with Crippen LogP contribution in [0.15, 0.2) is 42.5 Å². The van der Waals surface area contributed by atoms with Gasteiger partial charge in [-0.1, -0.05) is 35.3 Å². The second-order valence-electron chi connectivity index (χ2n) is 7.56. The summed E-state index contributed by atoms with van der Waals surface area (Å²) in [6.45, 7) is 5.17. The van der Waals surface area contributed by atoms with Crippen molar-refractivity contribution in [3.05, 3.63) is 75.3 Å². The topological polar surface area (TPSA) is 63.1 Å². The summed E-state index contributed by atoms with van der Waals surface area (Å²) in [6, 6.07) is 12.9. The Morgan fingerprint density at radius 2 is 1.83 bits per heavy atom. The summed E-state index contributed by atoms with van der Waals surface area (Å²) in [4.78, 5) is 14.9. The summed E-state index contributed by atoms with van der Waals surface area (Å²) in [6.07, 6.45) is 1.77. The predicted molar refractivity (Wildman–Crippen MR) is 119 cm³/mol. The minimum Gasteiger partial charge on any atom is -0.314 e. The van der Waals surface area contributed by atoms with Gasteiger partial charge in [0.15, 0.2) is 5.82 Å². The molecule has 6 nitrogen and oxygen atoms in total. The largest absolute Gasteiger partial charge is 0.322 e. The number of amides is 2. The van der Waals surface area contributed by atoms with Gasteiger partial charge in [0.05, 0.1) is 12.6 Å². The number of aryl methyl sites for hydroxylation is 2. The number of rotatable bonds is 4. The monoisotopic (exact) mass is 443 g/mol. The first-order chi connectivity index (χ1) is 14.4. The number of nitrogens with one attached hydrogen (secondary N) is 1. The van der Waals surface area contributed by atoms with Gasteiger partial charge in [-0.3, -0.25) is 0 Å². The van der Waals surface area contributed by atoms with E-state index in [9.17, 15) is 4.79 Å². The maximum atomic E-state index is 13.1. The Kier molecular flexibility index (Phi) is 5.97. The fourth-order valence-electron chi connectivity index (χ4n) is 3.84. The van der Waals surface area contributed by atoms with E-state index < -0.39 is 0 Å². The molecule has 1 atom stereocenters. The van der Waals surface area contributed by atoms with Crippen molar-refractivity contribution in [1.29, 1.82) is 0 Å². The number of aromatic nitrogens is 3.